The fourth-order valence-electron chi connectivity index (χ4n) is 2.77. The van der Waals surface area contributed by atoms with Crippen LogP contribution in [0.3, 0.4) is 0 Å². The van der Waals surface area contributed by atoms with Crippen molar-refractivity contribution in [3.8, 4) is 11.4 Å². The van der Waals surface area contributed by atoms with E-state index >= 15 is 0 Å². The van der Waals surface area contributed by atoms with Crippen molar-refractivity contribution >= 4 is 23.3 Å². The fourth-order valence-corrected chi connectivity index (χ4v) is 2.77. The molecule has 0 fully saturated rings. The highest BCUT2D eigenvalue weighted by Crippen LogP contribution is 2.29. The molecule has 1 N–H and O–H groups in total. The van der Waals surface area contributed by atoms with Crippen molar-refractivity contribution in [1.82, 2.24) is 9.78 Å². The van der Waals surface area contributed by atoms with Crippen molar-refractivity contribution < 1.29 is 24.0 Å². The van der Waals surface area contributed by atoms with E-state index in [0.29, 0.717) is 5.56 Å². The van der Waals surface area contributed by atoms with E-state index in [2.05, 4.69) is 10.4 Å². The number of carbonyl (C=O) groups excluding carboxylic acids is 2. The van der Waals surface area contributed by atoms with Gasteiger partial charge < -0.3 is 14.8 Å². The Morgan fingerprint density at radius 2 is 1.97 bits per heavy atom. The molecule has 0 radical (unpaired) electrons. The van der Waals surface area contributed by atoms with Crippen LogP contribution in [0.25, 0.3) is 5.69 Å². The summed E-state index contributed by atoms with van der Waals surface area (Å²) in [5.74, 6) is -1.01. The number of hydrogen-bond acceptors (Lipinski definition) is 7. The lowest BCUT2D eigenvalue weighted by molar-refractivity contribution is -0.384. The molecule has 3 rings (SSSR count). The Bertz CT molecular complexity index is 1100. The van der Waals surface area contributed by atoms with Crippen LogP contribution in [0.15, 0.2) is 60.9 Å². The van der Waals surface area contributed by atoms with Gasteiger partial charge in [0.25, 0.3) is 11.6 Å². The summed E-state index contributed by atoms with van der Waals surface area (Å²) in [6, 6.07) is 13.2. The van der Waals surface area contributed by atoms with Gasteiger partial charge >= 0.3 is 5.97 Å². The largest absolute Gasteiger partial charge is 0.495 e. The SMILES string of the molecule is COc1ccc([N+](=O)[O-])cc1NC(=O)C(C)OC(=O)Cc1cnn(-c2ccccc2)c1. The Balaban J connectivity index is 1.60. The molecule has 0 aliphatic heterocycles. The standard InChI is InChI=1S/C21H20N4O6/c1-14(21(27)23-18-11-17(25(28)29)8-9-19(18)30-2)31-20(26)10-15-12-22-24(13-15)16-6-4-3-5-7-16/h3-9,11-14H,10H2,1-2H3,(H,23,27). The monoisotopic (exact) mass is 424 g/mol. The van der Waals surface area contributed by atoms with Gasteiger partial charge in [0.05, 0.1) is 36.0 Å². The first kappa shape index (κ1) is 21.5. The number of anilines is 1. The Morgan fingerprint density at radius 3 is 2.65 bits per heavy atom. The highest BCUT2D eigenvalue weighted by molar-refractivity contribution is 5.96. The van der Waals surface area contributed by atoms with Crippen LogP contribution >= 0.6 is 0 Å². The quantitative estimate of drug-likeness (QED) is 0.335. The first-order chi connectivity index (χ1) is 14.9. The number of benzene rings is 2. The highest BCUT2D eigenvalue weighted by atomic mass is 16.6. The minimum atomic E-state index is -1.12. The number of aromatic nitrogens is 2. The predicted molar refractivity (Wildman–Crippen MR) is 111 cm³/mol. The van der Waals surface area contributed by atoms with Crippen molar-refractivity contribution in [1.29, 1.82) is 0 Å². The summed E-state index contributed by atoms with van der Waals surface area (Å²) in [4.78, 5) is 35.0. The van der Waals surface area contributed by atoms with Crippen LogP contribution in [0.1, 0.15) is 12.5 Å². The lowest BCUT2D eigenvalue weighted by Crippen LogP contribution is -2.30. The van der Waals surface area contributed by atoms with E-state index < -0.39 is 22.9 Å². The van der Waals surface area contributed by atoms with E-state index in [1.54, 1.807) is 17.1 Å². The Labute approximate surface area is 177 Å². The first-order valence-corrected chi connectivity index (χ1v) is 9.29. The Hall–Kier alpha value is -4.21. The van der Waals surface area contributed by atoms with Gasteiger partial charge in [-0.3, -0.25) is 19.7 Å². The number of non-ortho nitro benzene ring substituents is 1. The fraction of sp³-hybridized carbons (Fsp3) is 0.190. The van der Waals surface area contributed by atoms with Crippen molar-refractivity contribution in [3.63, 3.8) is 0 Å². The molecule has 0 bridgehead atoms. The number of nitrogens with zero attached hydrogens (tertiary/aromatic N) is 3. The summed E-state index contributed by atoms with van der Waals surface area (Å²) in [6.07, 6.45) is 2.06. The second-order valence-corrected chi connectivity index (χ2v) is 6.57. The van der Waals surface area contributed by atoms with Crippen LogP contribution in [0.4, 0.5) is 11.4 Å². The summed E-state index contributed by atoms with van der Waals surface area (Å²) in [7, 11) is 1.37. The second-order valence-electron chi connectivity index (χ2n) is 6.57. The molecule has 0 saturated heterocycles. The normalized spacial score (nSPS) is 11.4. The molecule has 2 aromatic carbocycles. The van der Waals surface area contributed by atoms with E-state index in [4.69, 9.17) is 9.47 Å². The summed E-state index contributed by atoms with van der Waals surface area (Å²) in [5.41, 5.74) is 1.37. The maximum Gasteiger partial charge on any atom is 0.311 e. The van der Waals surface area contributed by atoms with Crippen LogP contribution in [-0.2, 0) is 20.7 Å². The van der Waals surface area contributed by atoms with Crippen LogP contribution < -0.4 is 10.1 Å². The average molecular weight is 424 g/mol. The lowest BCUT2D eigenvalue weighted by atomic mass is 10.2. The highest BCUT2D eigenvalue weighted by Gasteiger charge is 2.21. The predicted octanol–water partition coefficient (Wildman–Crippen LogP) is 2.90. The number of amides is 1. The van der Waals surface area contributed by atoms with Gasteiger partial charge in [0, 0.05) is 23.9 Å². The molecular formula is C21H20N4O6. The second kappa shape index (κ2) is 9.53. The third-order valence-electron chi connectivity index (χ3n) is 4.33. The summed E-state index contributed by atoms with van der Waals surface area (Å²) < 4.78 is 11.9. The topological polar surface area (TPSA) is 126 Å². The molecule has 0 aliphatic carbocycles. The molecule has 31 heavy (non-hydrogen) atoms. The van der Waals surface area contributed by atoms with Crippen LogP contribution in [0, 0.1) is 10.1 Å². The van der Waals surface area contributed by atoms with Gasteiger partial charge in [-0.2, -0.15) is 5.10 Å². The van der Waals surface area contributed by atoms with E-state index in [0.717, 1.165) is 5.69 Å². The van der Waals surface area contributed by atoms with E-state index in [9.17, 15) is 19.7 Å². The number of nitrogens with one attached hydrogen (secondary N) is 1. The number of ether oxygens (including phenoxy) is 2. The van der Waals surface area contributed by atoms with E-state index in [-0.39, 0.29) is 23.5 Å². The van der Waals surface area contributed by atoms with Crippen LogP contribution in [0.2, 0.25) is 0 Å². The van der Waals surface area contributed by atoms with Crippen molar-refractivity contribution in [2.24, 2.45) is 0 Å². The van der Waals surface area contributed by atoms with Gasteiger partial charge in [-0.25, -0.2) is 4.68 Å². The minimum absolute atomic E-state index is 0.0649. The molecular weight excluding hydrogens is 404 g/mol. The molecule has 1 heterocycles. The summed E-state index contributed by atoms with van der Waals surface area (Å²) >= 11 is 0. The summed E-state index contributed by atoms with van der Waals surface area (Å²) in [6.45, 7) is 1.41. The molecule has 0 aliphatic rings. The van der Waals surface area contributed by atoms with Crippen LogP contribution in [-0.4, -0.2) is 39.8 Å². The number of methoxy groups -OCH3 is 1. The van der Waals surface area contributed by atoms with Crippen molar-refractivity contribution in [2.75, 3.05) is 12.4 Å². The van der Waals surface area contributed by atoms with E-state index in [1.807, 2.05) is 30.3 Å². The Morgan fingerprint density at radius 1 is 1.23 bits per heavy atom. The summed E-state index contributed by atoms with van der Waals surface area (Å²) in [5, 5.41) is 17.7. The van der Waals surface area contributed by atoms with Crippen LogP contribution in [0.5, 0.6) is 5.75 Å². The Kier molecular flexibility index (Phi) is 6.61. The molecule has 0 spiro atoms. The van der Waals surface area contributed by atoms with Gasteiger partial charge in [0.2, 0.25) is 0 Å². The molecule has 3 aromatic rings. The smallest absolute Gasteiger partial charge is 0.311 e. The van der Waals surface area contributed by atoms with Gasteiger partial charge in [0.1, 0.15) is 5.75 Å². The molecule has 1 unspecified atom stereocenters. The first-order valence-electron chi connectivity index (χ1n) is 9.29. The zero-order valence-corrected chi connectivity index (χ0v) is 16.8. The molecule has 10 heteroatoms. The zero-order valence-electron chi connectivity index (χ0n) is 16.8. The number of carbonyl (C=O) groups is 2. The van der Waals surface area contributed by atoms with Gasteiger partial charge in [-0.1, -0.05) is 18.2 Å². The number of para-hydroxylation sites is 1. The molecule has 1 aromatic heterocycles. The zero-order chi connectivity index (χ0) is 22.4. The molecule has 10 nitrogen and oxygen atoms in total. The lowest BCUT2D eigenvalue weighted by Gasteiger charge is -2.15. The average Bonchev–Trinajstić information content (AvgIpc) is 3.22. The maximum atomic E-state index is 12.4. The third-order valence-corrected chi connectivity index (χ3v) is 4.33. The minimum Gasteiger partial charge on any atom is -0.495 e. The molecule has 1 amide bonds. The van der Waals surface area contributed by atoms with Gasteiger partial charge in [0.15, 0.2) is 6.10 Å². The molecule has 0 saturated carbocycles. The number of esters is 1. The van der Waals surface area contributed by atoms with Crippen molar-refractivity contribution in [2.45, 2.75) is 19.4 Å². The number of nitro groups is 1. The number of nitro benzene ring substituents is 1. The van der Waals surface area contributed by atoms with Gasteiger partial charge in [-0.05, 0) is 25.1 Å². The number of rotatable bonds is 8. The number of hydrogen-bond donors (Lipinski definition) is 1. The third kappa shape index (κ3) is 5.44. The van der Waals surface area contributed by atoms with E-state index in [1.165, 1.54) is 32.2 Å². The molecule has 160 valence electrons. The molecule has 1 atom stereocenters. The van der Waals surface area contributed by atoms with Crippen molar-refractivity contribution in [3.05, 3.63) is 76.6 Å². The maximum absolute atomic E-state index is 12.4. The van der Waals surface area contributed by atoms with Gasteiger partial charge in [-0.15, -0.1) is 0 Å².